The molecule has 4 rings (SSSR count). The molecule has 0 heterocycles. The van der Waals surface area contributed by atoms with E-state index in [-0.39, 0.29) is 29.1 Å². The maximum atomic E-state index is 10.4. The second-order valence-corrected chi connectivity index (χ2v) is 5.47. The van der Waals surface area contributed by atoms with Crippen LogP contribution in [0.3, 0.4) is 0 Å². The van der Waals surface area contributed by atoms with Crippen LogP contribution in [-0.2, 0) is 23.5 Å². The van der Waals surface area contributed by atoms with Crippen LogP contribution in [0.15, 0.2) is 78.9 Å². The molecule has 0 saturated carbocycles. The van der Waals surface area contributed by atoms with Gasteiger partial charge in [-0.05, 0) is 12.0 Å². The molecule has 1 nitrogen and oxygen atoms in total. The third kappa shape index (κ3) is 3.78. The van der Waals surface area contributed by atoms with Gasteiger partial charge in [0, 0.05) is 29.1 Å². The first-order chi connectivity index (χ1) is 10.4. The Morgan fingerprint density at radius 2 is 1.55 bits per heavy atom. The number of hydrogen-bond acceptors (Lipinski definition) is 1. The molecule has 0 aromatic heterocycles. The number of aliphatic hydroxyl groups is 1. The van der Waals surface area contributed by atoms with Gasteiger partial charge in [-0.25, -0.2) is 12.1 Å². The van der Waals surface area contributed by atoms with E-state index < -0.39 is 0 Å². The van der Waals surface area contributed by atoms with E-state index >= 15 is 0 Å². The van der Waals surface area contributed by atoms with Crippen LogP contribution < -0.4 is 0 Å². The van der Waals surface area contributed by atoms with E-state index in [0.717, 1.165) is 18.4 Å². The summed E-state index contributed by atoms with van der Waals surface area (Å²) in [4.78, 5) is 0. The van der Waals surface area contributed by atoms with Crippen LogP contribution in [0.5, 0.6) is 0 Å². The van der Waals surface area contributed by atoms with Crippen molar-refractivity contribution in [1.29, 1.82) is 0 Å². The van der Waals surface area contributed by atoms with Crippen LogP contribution in [0.2, 0.25) is 0 Å². The monoisotopic (exact) mass is 332 g/mol. The number of aliphatic hydroxyl groups excluding tert-OH is 1. The molecule has 0 amide bonds. The fraction of sp³-hybridized carbons (Fsp3) is 0.200. The number of aryl methyl sites for hydroxylation is 1. The fourth-order valence-electron chi connectivity index (χ4n) is 3.04. The topological polar surface area (TPSA) is 20.2 Å². The smallest absolute Gasteiger partial charge is 0.0422 e. The molecule has 3 aromatic rings. The van der Waals surface area contributed by atoms with Crippen LogP contribution in [-0.4, -0.2) is 5.11 Å². The van der Waals surface area contributed by atoms with Crippen molar-refractivity contribution < 1.29 is 22.2 Å². The quantitative estimate of drug-likeness (QED) is 0.511. The Morgan fingerprint density at radius 3 is 2.18 bits per heavy atom. The molecule has 0 bridgehead atoms. The Hall–Kier alpha value is -1.60. The predicted octanol–water partition coefficient (Wildman–Crippen LogP) is 4.57. The summed E-state index contributed by atoms with van der Waals surface area (Å²) >= 11 is 0. The van der Waals surface area contributed by atoms with Gasteiger partial charge in [-0.3, -0.25) is 0 Å². The van der Waals surface area contributed by atoms with Crippen LogP contribution in [0.25, 0.3) is 0 Å². The molecular formula is C20H20FeO-6. The van der Waals surface area contributed by atoms with Crippen molar-refractivity contribution in [2.24, 2.45) is 0 Å². The molecule has 2 heteroatoms. The Labute approximate surface area is 142 Å². The maximum Gasteiger partial charge on any atom is 0.0422 e. The zero-order chi connectivity index (χ0) is 14.5. The van der Waals surface area contributed by atoms with E-state index in [9.17, 15) is 5.11 Å². The molecule has 2 unspecified atom stereocenters. The Balaban J connectivity index is 0.000000253. The van der Waals surface area contributed by atoms with E-state index in [1.165, 1.54) is 11.1 Å². The van der Waals surface area contributed by atoms with Crippen molar-refractivity contribution in [2.75, 3.05) is 0 Å². The second kappa shape index (κ2) is 8.14. The molecule has 0 radical (unpaired) electrons. The summed E-state index contributed by atoms with van der Waals surface area (Å²) in [6.45, 7) is 0. The molecular weight excluding hydrogens is 312 g/mol. The standard InChI is InChI=1S/C15H15O.C5H5.Fe/c16-15-13-8-4-7-12(13)9-10-14(15)11-5-2-1-3-6-11;1-2-4-5-3-1;/h1-8,14-16H,9-10H2;1-5H;/q-1;-5;. The molecule has 0 fully saturated rings. The SMILES string of the molecule is OC1[c-]2cccc2CCC1c1ccccc1.[Fe].[cH-]1[cH-][cH-][cH-][cH-]1. The average molecular weight is 332 g/mol. The first-order valence-corrected chi connectivity index (χ1v) is 7.50. The van der Waals surface area contributed by atoms with Gasteiger partial charge in [-0.15, -0.1) is 5.56 Å². The van der Waals surface area contributed by atoms with Crippen LogP contribution in [0.4, 0.5) is 0 Å². The zero-order valence-electron chi connectivity index (χ0n) is 12.4. The largest absolute Gasteiger partial charge is 0.748 e. The van der Waals surface area contributed by atoms with Gasteiger partial charge in [0.1, 0.15) is 0 Å². The number of rotatable bonds is 1. The Morgan fingerprint density at radius 1 is 0.909 bits per heavy atom. The summed E-state index contributed by atoms with van der Waals surface area (Å²) in [6.07, 6.45) is 1.79. The minimum absolute atomic E-state index is 0. The maximum absolute atomic E-state index is 10.4. The van der Waals surface area contributed by atoms with Crippen LogP contribution >= 0.6 is 0 Å². The van der Waals surface area contributed by atoms with Crippen molar-refractivity contribution in [2.45, 2.75) is 24.9 Å². The van der Waals surface area contributed by atoms with Gasteiger partial charge in [0.05, 0.1) is 0 Å². The molecule has 0 saturated heterocycles. The third-order valence-electron chi connectivity index (χ3n) is 4.15. The van der Waals surface area contributed by atoms with E-state index in [4.69, 9.17) is 0 Å². The number of benzene rings is 1. The van der Waals surface area contributed by atoms with E-state index in [1.807, 2.05) is 54.6 Å². The Kier molecular flexibility index (Phi) is 6.21. The molecule has 120 valence electrons. The summed E-state index contributed by atoms with van der Waals surface area (Å²) in [5.74, 6) is 0.260. The van der Waals surface area contributed by atoms with Crippen LogP contribution in [0.1, 0.15) is 35.1 Å². The normalized spacial score (nSPS) is 19.3. The minimum atomic E-state index is -0.332. The van der Waals surface area contributed by atoms with Gasteiger partial charge in [0.2, 0.25) is 0 Å². The summed E-state index contributed by atoms with van der Waals surface area (Å²) in [6, 6.07) is 26.6. The summed E-state index contributed by atoms with van der Waals surface area (Å²) in [5, 5.41) is 10.4. The molecule has 1 aliphatic carbocycles. The summed E-state index contributed by atoms with van der Waals surface area (Å²) in [5.41, 5.74) is 3.70. The van der Waals surface area contributed by atoms with Gasteiger partial charge in [-0.2, -0.15) is 11.6 Å². The number of fused-ring (bicyclic) bond motifs is 1. The van der Waals surface area contributed by atoms with E-state index in [1.54, 1.807) is 0 Å². The van der Waals surface area contributed by atoms with Gasteiger partial charge in [0.15, 0.2) is 0 Å². The average Bonchev–Trinajstić information content (AvgIpc) is 3.23. The molecule has 0 aliphatic heterocycles. The van der Waals surface area contributed by atoms with Crippen molar-refractivity contribution in [3.63, 3.8) is 0 Å². The second-order valence-electron chi connectivity index (χ2n) is 5.47. The zero-order valence-corrected chi connectivity index (χ0v) is 13.5. The van der Waals surface area contributed by atoms with Gasteiger partial charge < -0.3 is 35.4 Å². The molecule has 22 heavy (non-hydrogen) atoms. The van der Waals surface area contributed by atoms with Crippen LogP contribution in [0, 0.1) is 0 Å². The van der Waals surface area contributed by atoms with Gasteiger partial charge in [0.25, 0.3) is 0 Å². The predicted molar refractivity (Wildman–Crippen MR) is 86.5 cm³/mol. The van der Waals surface area contributed by atoms with E-state index in [0.29, 0.717) is 0 Å². The van der Waals surface area contributed by atoms with Crippen molar-refractivity contribution in [3.05, 3.63) is 95.6 Å². The molecule has 3 aromatic carbocycles. The molecule has 1 aliphatic rings. The first kappa shape index (κ1) is 16.8. The van der Waals surface area contributed by atoms with Crippen molar-refractivity contribution in [1.82, 2.24) is 0 Å². The van der Waals surface area contributed by atoms with Crippen molar-refractivity contribution >= 4 is 0 Å². The van der Waals surface area contributed by atoms with Gasteiger partial charge >= 0.3 is 0 Å². The third-order valence-corrected chi connectivity index (χ3v) is 4.15. The number of hydrogen-bond donors (Lipinski definition) is 1. The van der Waals surface area contributed by atoms with Gasteiger partial charge in [-0.1, -0.05) is 36.8 Å². The molecule has 1 N–H and O–H groups in total. The first-order valence-electron chi connectivity index (χ1n) is 7.50. The molecule has 0 spiro atoms. The van der Waals surface area contributed by atoms with Crippen molar-refractivity contribution in [3.8, 4) is 0 Å². The molecule has 2 atom stereocenters. The summed E-state index contributed by atoms with van der Waals surface area (Å²) in [7, 11) is 0. The summed E-state index contributed by atoms with van der Waals surface area (Å²) < 4.78 is 0. The fourth-order valence-corrected chi connectivity index (χ4v) is 3.04. The Bertz CT molecular complexity index is 622. The minimum Gasteiger partial charge on any atom is -0.748 e. The van der Waals surface area contributed by atoms with E-state index in [2.05, 4.69) is 24.3 Å².